The van der Waals surface area contributed by atoms with Crippen LogP contribution in [0.15, 0.2) is 35.7 Å². The van der Waals surface area contributed by atoms with Crippen molar-refractivity contribution in [2.24, 2.45) is 0 Å². The molecule has 20 heavy (non-hydrogen) atoms. The molecule has 1 unspecified atom stereocenters. The number of nitrogens with one attached hydrogen (secondary N) is 1. The third kappa shape index (κ3) is 3.00. The standard InChI is InChI=1S/C13H11FN2O3S/c1-8(12-3-2-6-20-12)15-13(17)10-7-9(14)4-5-11(10)16(18)19/h2-8H,1H3,(H,15,17). The van der Waals surface area contributed by atoms with Crippen molar-refractivity contribution in [3.63, 3.8) is 0 Å². The van der Waals surface area contributed by atoms with Crippen LogP contribution in [0, 0.1) is 15.9 Å². The molecule has 7 heteroatoms. The first-order valence-electron chi connectivity index (χ1n) is 5.77. The van der Waals surface area contributed by atoms with E-state index < -0.39 is 22.3 Å². The fourth-order valence-electron chi connectivity index (χ4n) is 1.73. The quantitative estimate of drug-likeness (QED) is 0.694. The number of carbonyl (C=O) groups is 1. The topological polar surface area (TPSA) is 72.2 Å². The smallest absolute Gasteiger partial charge is 0.282 e. The van der Waals surface area contributed by atoms with Gasteiger partial charge in [-0.2, -0.15) is 0 Å². The monoisotopic (exact) mass is 294 g/mol. The lowest BCUT2D eigenvalue weighted by Gasteiger charge is -2.12. The lowest BCUT2D eigenvalue weighted by atomic mass is 10.1. The van der Waals surface area contributed by atoms with Gasteiger partial charge < -0.3 is 5.32 Å². The van der Waals surface area contributed by atoms with Crippen LogP contribution in [-0.2, 0) is 0 Å². The second kappa shape index (κ2) is 5.79. The van der Waals surface area contributed by atoms with Gasteiger partial charge in [0.25, 0.3) is 11.6 Å². The van der Waals surface area contributed by atoms with E-state index in [1.807, 2.05) is 17.5 Å². The van der Waals surface area contributed by atoms with Crippen LogP contribution < -0.4 is 5.32 Å². The van der Waals surface area contributed by atoms with Gasteiger partial charge in [0.1, 0.15) is 11.4 Å². The van der Waals surface area contributed by atoms with Gasteiger partial charge in [-0.25, -0.2) is 4.39 Å². The molecule has 1 heterocycles. The van der Waals surface area contributed by atoms with Gasteiger partial charge in [-0.1, -0.05) is 6.07 Å². The molecule has 0 fully saturated rings. The summed E-state index contributed by atoms with van der Waals surface area (Å²) in [5.74, 6) is -1.36. The summed E-state index contributed by atoms with van der Waals surface area (Å²) in [5.41, 5.74) is -0.694. The average Bonchev–Trinajstić information content (AvgIpc) is 2.92. The maximum Gasteiger partial charge on any atom is 0.282 e. The third-order valence-electron chi connectivity index (χ3n) is 2.72. The van der Waals surface area contributed by atoms with Crippen molar-refractivity contribution in [2.45, 2.75) is 13.0 Å². The molecule has 0 saturated heterocycles. The third-order valence-corrected chi connectivity index (χ3v) is 3.77. The number of hydrogen-bond acceptors (Lipinski definition) is 4. The lowest BCUT2D eigenvalue weighted by Crippen LogP contribution is -2.26. The zero-order chi connectivity index (χ0) is 14.7. The molecule has 1 amide bonds. The zero-order valence-corrected chi connectivity index (χ0v) is 11.3. The largest absolute Gasteiger partial charge is 0.344 e. The van der Waals surface area contributed by atoms with E-state index in [0.29, 0.717) is 0 Å². The highest BCUT2D eigenvalue weighted by molar-refractivity contribution is 7.10. The van der Waals surface area contributed by atoms with Gasteiger partial charge in [0.05, 0.1) is 11.0 Å². The molecule has 0 aliphatic carbocycles. The first-order valence-corrected chi connectivity index (χ1v) is 6.65. The summed E-state index contributed by atoms with van der Waals surface area (Å²) < 4.78 is 13.2. The van der Waals surface area contributed by atoms with Gasteiger partial charge in [0.15, 0.2) is 0 Å². The highest BCUT2D eigenvalue weighted by Gasteiger charge is 2.22. The fourth-order valence-corrected chi connectivity index (χ4v) is 2.47. The molecular formula is C13H11FN2O3S. The summed E-state index contributed by atoms with van der Waals surface area (Å²) in [6, 6.07) is 6.19. The van der Waals surface area contributed by atoms with E-state index in [0.717, 1.165) is 23.1 Å². The van der Waals surface area contributed by atoms with E-state index >= 15 is 0 Å². The lowest BCUT2D eigenvalue weighted by molar-refractivity contribution is -0.385. The Labute approximate surface area is 118 Å². The summed E-state index contributed by atoms with van der Waals surface area (Å²) in [6.07, 6.45) is 0. The van der Waals surface area contributed by atoms with Crippen LogP contribution in [0.2, 0.25) is 0 Å². The first kappa shape index (κ1) is 14.1. The van der Waals surface area contributed by atoms with Crippen LogP contribution in [0.25, 0.3) is 0 Å². The molecule has 0 aliphatic heterocycles. The molecule has 2 aromatic rings. The number of thiophene rings is 1. The van der Waals surface area contributed by atoms with Crippen LogP contribution in [0.4, 0.5) is 10.1 Å². The number of benzene rings is 1. The normalized spacial score (nSPS) is 11.9. The molecule has 104 valence electrons. The zero-order valence-electron chi connectivity index (χ0n) is 10.5. The van der Waals surface area contributed by atoms with E-state index in [1.165, 1.54) is 11.3 Å². The van der Waals surface area contributed by atoms with Gasteiger partial charge in [-0.05, 0) is 30.5 Å². The molecule has 2 rings (SSSR count). The number of nitro benzene ring substituents is 1. The Morgan fingerprint density at radius 3 is 2.80 bits per heavy atom. The van der Waals surface area contributed by atoms with E-state index in [9.17, 15) is 19.3 Å². The maximum absolute atomic E-state index is 13.2. The summed E-state index contributed by atoms with van der Waals surface area (Å²) in [5, 5.41) is 15.3. The molecule has 1 N–H and O–H groups in total. The molecular weight excluding hydrogens is 283 g/mol. The minimum atomic E-state index is -0.704. The molecule has 1 aromatic heterocycles. The highest BCUT2D eigenvalue weighted by Crippen LogP contribution is 2.22. The van der Waals surface area contributed by atoms with Crippen LogP contribution in [0.1, 0.15) is 28.2 Å². The first-order chi connectivity index (χ1) is 9.49. The Morgan fingerprint density at radius 2 is 2.20 bits per heavy atom. The number of nitrogens with zero attached hydrogens (tertiary/aromatic N) is 1. The molecule has 0 aliphatic rings. The number of nitro groups is 1. The molecule has 0 spiro atoms. The Hall–Kier alpha value is -2.28. The average molecular weight is 294 g/mol. The van der Waals surface area contributed by atoms with Crippen LogP contribution in [0.3, 0.4) is 0 Å². The van der Waals surface area contributed by atoms with E-state index in [4.69, 9.17) is 0 Å². The van der Waals surface area contributed by atoms with Crippen LogP contribution in [0.5, 0.6) is 0 Å². The number of halogens is 1. The van der Waals surface area contributed by atoms with Gasteiger partial charge in [0, 0.05) is 10.9 Å². The summed E-state index contributed by atoms with van der Waals surface area (Å²) >= 11 is 1.46. The molecule has 5 nitrogen and oxygen atoms in total. The number of hydrogen-bond donors (Lipinski definition) is 1. The molecule has 1 aromatic carbocycles. The SMILES string of the molecule is CC(NC(=O)c1cc(F)ccc1[N+](=O)[O-])c1cccs1. The molecule has 0 radical (unpaired) electrons. The van der Waals surface area contributed by atoms with Gasteiger partial charge >= 0.3 is 0 Å². The minimum absolute atomic E-state index is 0.279. The van der Waals surface area contributed by atoms with E-state index in [2.05, 4.69) is 5.32 Å². The van der Waals surface area contributed by atoms with Crippen molar-refractivity contribution < 1.29 is 14.1 Å². The Kier molecular flexibility index (Phi) is 4.09. The van der Waals surface area contributed by atoms with Crippen molar-refractivity contribution in [3.05, 3.63) is 62.1 Å². The van der Waals surface area contributed by atoms with Crippen molar-refractivity contribution in [1.29, 1.82) is 0 Å². The number of amides is 1. The minimum Gasteiger partial charge on any atom is -0.344 e. The van der Waals surface area contributed by atoms with Crippen LogP contribution in [-0.4, -0.2) is 10.8 Å². The van der Waals surface area contributed by atoms with Gasteiger partial charge in [-0.15, -0.1) is 11.3 Å². The van der Waals surface area contributed by atoms with Crippen molar-refractivity contribution in [2.75, 3.05) is 0 Å². The number of rotatable bonds is 4. The van der Waals surface area contributed by atoms with Crippen LogP contribution >= 0.6 is 11.3 Å². The van der Waals surface area contributed by atoms with Crippen molar-refractivity contribution in [1.82, 2.24) is 5.32 Å². The van der Waals surface area contributed by atoms with Gasteiger partial charge in [-0.3, -0.25) is 14.9 Å². The summed E-state index contributed by atoms with van der Waals surface area (Å²) in [6.45, 7) is 1.76. The molecule has 0 bridgehead atoms. The summed E-state index contributed by atoms with van der Waals surface area (Å²) in [4.78, 5) is 23.1. The second-order valence-electron chi connectivity index (χ2n) is 4.13. The molecule has 1 atom stereocenters. The summed E-state index contributed by atoms with van der Waals surface area (Å²) in [7, 11) is 0. The van der Waals surface area contributed by atoms with Crippen molar-refractivity contribution in [3.8, 4) is 0 Å². The van der Waals surface area contributed by atoms with Gasteiger partial charge in [0.2, 0.25) is 0 Å². The van der Waals surface area contributed by atoms with Crippen molar-refractivity contribution >= 4 is 22.9 Å². The predicted octanol–water partition coefficient (Wildman–Crippen LogP) is 3.29. The second-order valence-corrected chi connectivity index (χ2v) is 5.11. The Balaban J connectivity index is 2.25. The molecule has 0 saturated carbocycles. The highest BCUT2D eigenvalue weighted by atomic mass is 32.1. The number of carbonyl (C=O) groups excluding carboxylic acids is 1. The Morgan fingerprint density at radius 1 is 1.45 bits per heavy atom. The fraction of sp³-hybridized carbons (Fsp3) is 0.154. The Bertz CT molecular complexity index is 643. The van der Waals surface area contributed by atoms with E-state index in [1.54, 1.807) is 6.92 Å². The maximum atomic E-state index is 13.2. The van der Waals surface area contributed by atoms with E-state index in [-0.39, 0.29) is 11.6 Å². The predicted molar refractivity (Wildman–Crippen MR) is 73.3 cm³/mol.